The number of fused-ring (bicyclic) bond motifs is 1. The Labute approximate surface area is 111 Å². The lowest BCUT2D eigenvalue weighted by atomic mass is 10.3. The van der Waals surface area contributed by atoms with Gasteiger partial charge in [-0.3, -0.25) is 0 Å². The van der Waals surface area contributed by atoms with Gasteiger partial charge in [0.05, 0.1) is 17.6 Å². The fourth-order valence-electron chi connectivity index (χ4n) is 2.00. The van der Waals surface area contributed by atoms with Crippen LogP contribution in [0.2, 0.25) is 0 Å². The van der Waals surface area contributed by atoms with Crippen LogP contribution < -0.4 is 0 Å². The standard InChI is InChI=1S/C12H9F3N4O/c1-7-16-10(18-20-7)6-19-9-5-3-2-4-8(9)17-11(19)12(13,14)15/h2-5H,6H2,1H3. The molecule has 1 aromatic carbocycles. The van der Waals surface area contributed by atoms with Crippen molar-refractivity contribution in [1.29, 1.82) is 0 Å². The number of benzene rings is 1. The van der Waals surface area contributed by atoms with Crippen molar-refractivity contribution in [2.24, 2.45) is 0 Å². The Morgan fingerprint density at radius 3 is 2.60 bits per heavy atom. The Hall–Kier alpha value is -2.38. The molecule has 20 heavy (non-hydrogen) atoms. The van der Waals surface area contributed by atoms with Crippen LogP contribution >= 0.6 is 0 Å². The third-order valence-electron chi connectivity index (χ3n) is 2.78. The highest BCUT2D eigenvalue weighted by molar-refractivity contribution is 5.76. The van der Waals surface area contributed by atoms with Gasteiger partial charge in [-0.15, -0.1) is 0 Å². The van der Waals surface area contributed by atoms with E-state index >= 15 is 0 Å². The molecule has 0 aliphatic rings. The van der Waals surface area contributed by atoms with Crippen molar-refractivity contribution in [2.75, 3.05) is 0 Å². The molecule has 0 unspecified atom stereocenters. The van der Waals surface area contributed by atoms with Crippen molar-refractivity contribution in [3.63, 3.8) is 0 Å². The van der Waals surface area contributed by atoms with Gasteiger partial charge in [0.15, 0.2) is 5.82 Å². The number of para-hydroxylation sites is 2. The minimum Gasteiger partial charge on any atom is -0.340 e. The Bertz CT molecular complexity index is 759. The Morgan fingerprint density at radius 2 is 1.95 bits per heavy atom. The highest BCUT2D eigenvalue weighted by atomic mass is 19.4. The van der Waals surface area contributed by atoms with E-state index in [9.17, 15) is 13.2 Å². The van der Waals surface area contributed by atoms with Crippen molar-refractivity contribution < 1.29 is 17.7 Å². The summed E-state index contributed by atoms with van der Waals surface area (Å²) in [7, 11) is 0. The summed E-state index contributed by atoms with van der Waals surface area (Å²) >= 11 is 0. The van der Waals surface area contributed by atoms with Gasteiger partial charge in [-0.2, -0.15) is 18.2 Å². The molecule has 0 saturated heterocycles. The number of aryl methyl sites for hydroxylation is 1. The van der Waals surface area contributed by atoms with Crippen LogP contribution in [0.5, 0.6) is 0 Å². The Balaban J connectivity index is 2.16. The number of alkyl halides is 3. The highest BCUT2D eigenvalue weighted by Crippen LogP contribution is 2.31. The van der Waals surface area contributed by atoms with E-state index in [0.29, 0.717) is 11.4 Å². The van der Waals surface area contributed by atoms with Crippen LogP contribution in [0.3, 0.4) is 0 Å². The molecule has 0 atom stereocenters. The lowest BCUT2D eigenvalue weighted by Gasteiger charge is -2.09. The van der Waals surface area contributed by atoms with Gasteiger partial charge in [0.25, 0.3) is 0 Å². The first-order valence-electron chi connectivity index (χ1n) is 5.77. The average Bonchev–Trinajstić information content (AvgIpc) is 2.94. The molecular weight excluding hydrogens is 273 g/mol. The summed E-state index contributed by atoms with van der Waals surface area (Å²) in [6.45, 7) is 1.43. The summed E-state index contributed by atoms with van der Waals surface area (Å²) in [6, 6.07) is 6.40. The lowest BCUT2D eigenvalue weighted by Crippen LogP contribution is -2.16. The van der Waals surface area contributed by atoms with Crippen LogP contribution in [0.25, 0.3) is 11.0 Å². The topological polar surface area (TPSA) is 56.7 Å². The monoisotopic (exact) mass is 282 g/mol. The van der Waals surface area contributed by atoms with Gasteiger partial charge in [-0.25, -0.2) is 4.98 Å². The third-order valence-corrected chi connectivity index (χ3v) is 2.78. The highest BCUT2D eigenvalue weighted by Gasteiger charge is 2.37. The van der Waals surface area contributed by atoms with Crippen LogP contribution in [0.1, 0.15) is 17.5 Å². The number of hydrogen-bond donors (Lipinski definition) is 0. The SMILES string of the molecule is Cc1nc(Cn2c(C(F)(F)F)nc3ccccc32)no1. The fraction of sp³-hybridized carbons (Fsp3) is 0.250. The maximum atomic E-state index is 13.0. The van der Waals surface area contributed by atoms with E-state index in [2.05, 4.69) is 15.1 Å². The maximum Gasteiger partial charge on any atom is 0.449 e. The van der Waals surface area contributed by atoms with Crippen LogP contribution in [0.15, 0.2) is 28.8 Å². The van der Waals surface area contributed by atoms with E-state index < -0.39 is 12.0 Å². The maximum absolute atomic E-state index is 13.0. The van der Waals surface area contributed by atoms with Crippen molar-refractivity contribution in [1.82, 2.24) is 19.7 Å². The summed E-state index contributed by atoms with van der Waals surface area (Å²) in [5, 5.41) is 3.62. The second kappa shape index (κ2) is 4.32. The summed E-state index contributed by atoms with van der Waals surface area (Å²) in [4.78, 5) is 7.56. The van der Waals surface area contributed by atoms with Gasteiger partial charge in [0.1, 0.15) is 0 Å². The molecular formula is C12H9F3N4O. The fourth-order valence-corrected chi connectivity index (χ4v) is 2.00. The zero-order chi connectivity index (χ0) is 14.3. The zero-order valence-corrected chi connectivity index (χ0v) is 10.3. The minimum atomic E-state index is -4.54. The molecule has 3 rings (SSSR count). The summed E-state index contributed by atoms with van der Waals surface area (Å²) in [6.07, 6.45) is -4.54. The van der Waals surface area contributed by atoms with E-state index in [-0.39, 0.29) is 17.9 Å². The Kier molecular flexibility index (Phi) is 2.73. The molecule has 2 aromatic heterocycles. The number of imidazole rings is 1. The second-order valence-electron chi connectivity index (χ2n) is 4.24. The molecule has 0 spiro atoms. The van der Waals surface area contributed by atoms with Crippen LogP contribution in [0, 0.1) is 6.92 Å². The smallest absolute Gasteiger partial charge is 0.340 e. The molecule has 0 saturated carbocycles. The van der Waals surface area contributed by atoms with Gasteiger partial charge >= 0.3 is 6.18 Å². The number of aromatic nitrogens is 4. The largest absolute Gasteiger partial charge is 0.449 e. The molecule has 0 aliphatic heterocycles. The van der Waals surface area contributed by atoms with Crippen molar-refractivity contribution in [3.05, 3.63) is 41.8 Å². The molecule has 104 valence electrons. The van der Waals surface area contributed by atoms with Crippen LogP contribution in [0.4, 0.5) is 13.2 Å². The lowest BCUT2D eigenvalue weighted by molar-refractivity contribution is -0.146. The molecule has 0 aliphatic carbocycles. The van der Waals surface area contributed by atoms with Gasteiger partial charge in [0.2, 0.25) is 11.7 Å². The quantitative estimate of drug-likeness (QED) is 0.725. The van der Waals surface area contributed by atoms with Crippen LogP contribution in [-0.2, 0) is 12.7 Å². The summed E-state index contributed by atoms with van der Waals surface area (Å²) in [5.74, 6) is -0.490. The average molecular weight is 282 g/mol. The van der Waals surface area contributed by atoms with Gasteiger partial charge < -0.3 is 9.09 Å². The molecule has 0 radical (unpaired) electrons. The van der Waals surface area contributed by atoms with E-state index in [1.54, 1.807) is 25.1 Å². The first-order valence-corrected chi connectivity index (χ1v) is 5.77. The van der Waals surface area contributed by atoms with Gasteiger partial charge in [-0.05, 0) is 12.1 Å². The predicted octanol–water partition coefficient (Wildman–Crippen LogP) is 2.79. The van der Waals surface area contributed by atoms with Crippen LogP contribution in [-0.4, -0.2) is 19.7 Å². The first-order chi connectivity index (χ1) is 9.45. The number of hydrogen-bond acceptors (Lipinski definition) is 4. The molecule has 0 fully saturated rings. The third kappa shape index (κ3) is 2.13. The summed E-state index contributed by atoms with van der Waals surface area (Å²) in [5.41, 5.74) is 0.655. The molecule has 0 N–H and O–H groups in total. The number of nitrogens with zero attached hydrogens (tertiary/aromatic N) is 4. The van der Waals surface area contributed by atoms with E-state index in [0.717, 1.165) is 4.57 Å². The van der Waals surface area contributed by atoms with E-state index in [4.69, 9.17) is 4.52 Å². The number of halogens is 3. The van der Waals surface area contributed by atoms with Gasteiger partial charge in [0, 0.05) is 6.92 Å². The molecule has 5 nitrogen and oxygen atoms in total. The molecule has 0 amide bonds. The molecule has 3 aromatic rings. The zero-order valence-electron chi connectivity index (χ0n) is 10.3. The van der Waals surface area contributed by atoms with Crippen molar-refractivity contribution in [2.45, 2.75) is 19.6 Å². The Morgan fingerprint density at radius 1 is 1.20 bits per heavy atom. The number of rotatable bonds is 2. The predicted molar refractivity (Wildman–Crippen MR) is 62.9 cm³/mol. The normalized spacial score (nSPS) is 12.2. The van der Waals surface area contributed by atoms with E-state index in [1.807, 2.05) is 0 Å². The minimum absolute atomic E-state index is 0.146. The second-order valence-corrected chi connectivity index (χ2v) is 4.24. The summed E-state index contributed by atoms with van der Waals surface area (Å²) < 4.78 is 45.0. The molecule has 0 bridgehead atoms. The van der Waals surface area contributed by atoms with Gasteiger partial charge in [-0.1, -0.05) is 17.3 Å². The van der Waals surface area contributed by atoms with E-state index in [1.165, 1.54) is 6.07 Å². The molecule has 8 heteroatoms. The first kappa shape index (κ1) is 12.6. The van der Waals surface area contributed by atoms with Crippen molar-refractivity contribution in [3.8, 4) is 0 Å². The van der Waals surface area contributed by atoms with Crippen molar-refractivity contribution >= 4 is 11.0 Å². The molecule has 2 heterocycles.